The van der Waals surface area contributed by atoms with Crippen molar-refractivity contribution >= 4 is 29.2 Å². The summed E-state index contributed by atoms with van der Waals surface area (Å²) in [7, 11) is 1.30. The van der Waals surface area contributed by atoms with Crippen LogP contribution in [0.4, 0.5) is 14.9 Å². The molecule has 3 amide bonds. The quantitative estimate of drug-likeness (QED) is 0.813. The molecular weight excluding hydrogens is 251 g/mol. The fourth-order valence-electron chi connectivity index (χ4n) is 1.06. The second kappa shape index (κ2) is 6.05. The average Bonchev–Trinajstić information content (AvgIpc) is 2.31. The normalized spacial score (nSPS) is 9.59. The lowest BCUT2D eigenvalue weighted by atomic mass is 10.3. The molecule has 0 aliphatic carbocycles. The molecule has 2 N–H and O–H groups in total. The van der Waals surface area contributed by atoms with Crippen molar-refractivity contribution in [3.63, 3.8) is 0 Å². The van der Waals surface area contributed by atoms with Gasteiger partial charge in [0.15, 0.2) is 11.6 Å². The Hall–Kier alpha value is -1.82. The van der Waals surface area contributed by atoms with E-state index in [9.17, 15) is 14.0 Å². The van der Waals surface area contributed by atoms with E-state index in [-0.39, 0.29) is 11.6 Å². The minimum absolute atomic E-state index is 0.00790. The Morgan fingerprint density at radius 2 is 2.18 bits per heavy atom. The summed E-state index contributed by atoms with van der Waals surface area (Å²) in [5.74, 6) is -1.50. The van der Waals surface area contributed by atoms with Gasteiger partial charge in [0.2, 0.25) is 5.91 Å². The van der Waals surface area contributed by atoms with Crippen LogP contribution in [0.15, 0.2) is 18.2 Å². The Morgan fingerprint density at radius 1 is 1.47 bits per heavy atom. The number of imide groups is 1. The molecule has 17 heavy (non-hydrogen) atoms. The number of rotatable bonds is 3. The molecule has 0 bridgehead atoms. The van der Waals surface area contributed by atoms with Gasteiger partial charge < -0.3 is 10.1 Å². The Kier molecular flexibility index (Phi) is 4.71. The summed E-state index contributed by atoms with van der Waals surface area (Å²) >= 11 is 5.21. The zero-order chi connectivity index (χ0) is 12.8. The number of hydrogen-bond donors (Lipinski definition) is 2. The maximum absolute atomic E-state index is 13.0. The molecule has 7 heteroatoms. The Labute approximate surface area is 102 Å². The first kappa shape index (κ1) is 13.2. The monoisotopic (exact) mass is 260 g/mol. The van der Waals surface area contributed by atoms with E-state index in [1.807, 2.05) is 5.32 Å². The highest BCUT2D eigenvalue weighted by Gasteiger charge is 2.08. The summed E-state index contributed by atoms with van der Waals surface area (Å²) in [6, 6.07) is 3.02. The number of amides is 3. The van der Waals surface area contributed by atoms with Crippen molar-refractivity contribution in [1.29, 1.82) is 0 Å². The van der Waals surface area contributed by atoms with E-state index in [2.05, 4.69) is 5.32 Å². The predicted molar refractivity (Wildman–Crippen MR) is 60.8 cm³/mol. The third-order valence-electron chi connectivity index (χ3n) is 1.78. The lowest BCUT2D eigenvalue weighted by Gasteiger charge is -2.07. The average molecular weight is 261 g/mol. The molecule has 0 heterocycles. The Morgan fingerprint density at radius 3 is 2.76 bits per heavy atom. The van der Waals surface area contributed by atoms with Crippen molar-refractivity contribution in [1.82, 2.24) is 5.32 Å². The molecule has 0 atom stereocenters. The molecule has 0 fully saturated rings. The van der Waals surface area contributed by atoms with Gasteiger partial charge in [-0.05, 0) is 12.1 Å². The lowest BCUT2D eigenvalue weighted by Crippen LogP contribution is -2.35. The van der Waals surface area contributed by atoms with Gasteiger partial charge in [-0.1, -0.05) is 0 Å². The van der Waals surface area contributed by atoms with Crippen molar-refractivity contribution in [2.24, 2.45) is 0 Å². The Bertz CT molecular complexity index is 440. The first-order chi connectivity index (χ1) is 8.06. The first-order valence-electron chi connectivity index (χ1n) is 4.57. The minimum atomic E-state index is -0.746. The van der Waals surface area contributed by atoms with Gasteiger partial charge in [-0.25, -0.2) is 9.18 Å². The fourth-order valence-corrected chi connectivity index (χ4v) is 1.13. The molecule has 92 valence electrons. The van der Waals surface area contributed by atoms with Crippen molar-refractivity contribution in [3.05, 3.63) is 24.0 Å². The number of carbonyl (C=O) groups is 2. The SMILES string of the molecule is COc1cc(NC(=O)NC(=O)CCl)ccc1F. The third kappa shape index (κ3) is 3.92. The molecule has 0 saturated carbocycles. The number of halogens is 2. The summed E-state index contributed by atoms with van der Waals surface area (Å²) in [5.41, 5.74) is 0.295. The van der Waals surface area contributed by atoms with E-state index >= 15 is 0 Å². The molecular formula is C10H10ClFN2O3. The van der Waals surface area contributed by atoms with Crippen molar-refractivity contribution < 1.29 is 18.7 Å². The van der Waals surface area contributed by atoms with Gasteiger partial charge in [0.25, 0.3) is 0 Å². The number of urea groups is 1. The van der Waals surface area contributed by atoms with Gasteiger partial charge in [0.05, 0.1) is 7.11 Å². The van der Waals surface area contributed by atoms with Gasteiger partial charge in [-0.3, -0.25) is 10.1 Å². The zero-order valence-electron chi connectivity index (χ0n) is 8.92. The summed E-state index contributed by atoms with van der Waals surface area (Å²) in [5, 5.41) is 4.31. The number of alkyl halides is 1. The highest BCUT2D eigenvalue weighted by molar-refractivity contribution is 6.28. The number of ether oxygens (including phenoxy) is 1. The summed E-state index contributed by atoms with van der Waals surface area (Å²) in [6.07, 6.45) is 0. The largest absolute Gasteiger partial charge is 0.494 e. The second-order valence-electron chi connectivity index (χ2n) is 2.99. The van der Waals surface area contributed by atoms with E-state index < -0.39 is 17.8 Å². The van der Waals surface area contributed by atoms with Gasteiger partial charge in [-0.2, -0.15) is 0 Å². The first-order valence-corrected chi connectivity index (χ1v) is 5.10. The van der Waals surface area contributed by atoms with Crippen LogP contribution in [-0.2, 0) is 4.79 Å². The summed E-state index contributed by atoms with van der Waals surface area (Å²) in [6.45, 7) is 0. The van der Waals surface area contributed by atoms with E-state index in [4.69, 9.17) is 16.3 Å². The molecule has 5 nitrogen and oxygen atoms in total. The molecule has 0 unspecified atom stereocenters. The highest BCUT2D eigenvalue weighted by Crippen LogP contribution is 2.21. The van der Waals surface area contributed by atoms with Crippen LogP contribution in [0.5, 0.6) is 5.75 Å². The standard InChI is InChI=1S/C10H10ClFN2O3/c1-17-8-4-6(2-3-7(8)12)13-10(16)14-9(15)5-11/h2-4H,5H2,1H3,(H2,13,14,15,16). The van der Waals surface area contributed by atoms with Crippen LogP contribution in [0.2, 0.25) is 0 Å². The number of anilines is 1. The van der Waals surface area contributed by atoms with Crippen molar-refractivity contribution in [2.45, 2.75) is 0 Å². The van der Waals surface area contributed by atoms with Crippen molar-refractivity contribution in [2.75, 3.05) is 18.3 Å². The predicted octanol–water partition coefficient (Wildman–Crippen LogP) is 1.72. The lowest BCUT2D eigenvalue weighted by molar-refractivity contribution is -0.117. The van der Waals surface area contributed by atoms with Crippen LogP contribution in [0, 0.1) is 5.82 Å². The van der Waals surface area contributed by atoms with E-state index in [0.717, 1.165) is 6.07 Å². The Balaban J connectivity index is 2.68. The molecule has 0 aliphatic heterocycles. The van der Waals surface area contributed by atoms with Crippen LogP contribution in [0.1, 0.15) is 0 Å². The number of hydrogen-bond acceptors (Lipinski definition) is 3. The molecule has 0 aliphatic rings. The summed E-state index contributed by atoms with van der Waals surface area (Å²) in [4.78, 5) is 22.0. The second-order valence-corrected chi connectivity index (χ2v) is 3.25. The van der Waals surface area contributed by atoms with Crippen LogP contribution in [-0.4, -0.2) is 24.9 Å². The van der Waals surface area contributed by atoms with Gasteiger partial charge >= 0.3 is 6.03 Å². The number of methoxy groups -OCH3 is 1. The molecule has 1 rings (SSSR count). The summed E-state index contributed by atoms with van der Waals surface area (Å²) < 4.78 is 17.8. The number of nitrogens with one attached hydrogen (secondary N) is 2. The maximum atomic E-state index is 13.0. The van der Waals surface area contributed by atoms with E-state index in [1.165, 1.54) is 19.2 Å². The van der Waals surface area contributed by atoms with Crippen molar-refractivity contribution in [3.8, 4) is 5.75 Å². The van der Waals surface area contributed by atoms with Gasteiger partial charge in [-0.15, -0.1) is 11.6 Å². The third-order valence-corrected chi connectivity index (χ3v) is 2.03. The highest BCUT2D eigenvalue weighted by atomic mass is 35.5. The molecule has 0 aromatic heterocycles. The maximum Gasteiger partial charge on any atom is 0.325 e. The molecule has 0 radical (unpaired) electrons. The fraction of sp³-hybridized carbons (Fsp3) is 0.200. The molecule has 1 aromatic carbocycles. The molecule has 1 aromatic rings. The molecule has 0 saturated heterocycles. The van der Waals surface area contributed by atoms with Gasteiger partial charge in [0.1, 0.15) is 5.88 Å². The smallest absolute Gasteiger partial charge is 0.325 e. The van der Waals surface area contributed by atoms with E-state index in [0.29, 0.717) is 5.69 Å². The topological polar surface area (TPSA) is 67.4 Å². The zero-order valence-corrected chi connectivity index (χ0v) is 9.68. The minimum Gasteiger partial charge on any atom is -0.494 e. The molecule has 0 spiro atoms. The number of benzene rings is 1. The van der Waals surface area contributed by atoms with E-state index in [1.54, 1.807) is 0 Å². The number of carbonyl (C=O) groups excluding carboxylic acids is 2. The van der Waals surface area contributed by atoms with Gasteiger partial charge in [0, 0.05) is 11.8 Å². The van der Waals surface area contributed by atoms with Crippen LogP contribution < -0.4 is 15.4 Å². The van der Waals surface area contributed by atoms with Crippen LogP contribution >= 0.6 is 11.6 Å². The van der Waals surface area contributed by atoms with Crippen LogP contribution in [0.3, 0.4) is 0 Å². The van der Waals surface area contributed by atoms with Crippen LogP contribution in [0.25, 0.3) is 0 Å².